The Labute approximate surface area is 563 Å². The SMILES string of the molecule is CCCc1cc(C(O)(C(F)(F)F)C(F)(F)F)ccc1Oc1ccc(CCN2C(=O)NC(C)(c3ccc(OCc4ccccc4)nc3)C2=O)nc1.CCCc1cc(C(O)(C(F)(F)F)C(F)(F)F)ccc1Oc1ccc(CCN2C(=O)NC(C)(c3ccc(OCc4ccccc4)nc3)C2=O)nc1. The summed E-state index contributed by atoms with van der Waals surface area (Å²) in [4.78, 5) is 71.7. The molecule has 0 radical (unpaired) electrons. The monoisotopic (exact) mass is 1400 g/mol. The fraction of sp³-hybridized carbons (Fsp3) is 0.314. The lowest BCUT2D eigenvalue weighted by Gasteiger charge is -2.33. The van der Waals surface area contributed by atoms with E-state index in [1.807, 2.05) is 60.7 Å². The Morgan fingerprint density at radius 1 is 0.440 bits per heavy atom. The lowest BCUT2D eigenvalue weighted by atomic mass is 9.90. The van der Waals surface area contributed by atoms with E-state index in [9.17, 15) is 82.1 Å². The summed E-state index contributed by atoms with van der Waals surface area (Å²) in [6.45, 7) is 7.10. The smallest absolute Gasteiger partial charge is 0.430 e. The molecule has 4 aromatic heterocycles. The van der Waals surface area contributed by atoms with Gasteiger partial charge >= 0.3 is 36.8 Å². The molecule has 8 aromatic rings. The minimum atomic E-state index is -6.02. The Morgan fingerprint density at radius 3 is 1.10 bits per heavy atom. The van der Waals surface area contributed by atoms with Gasteiger partial charge in [-0.2, -0.15) is 52.7 Å². The van der Waals surface area contributed by atoms with Crippen LogP contribution in [0.2, 0.25) is 0 Å². The molecule has 4 N–H and O–H groups in total. The van der Waals surface area contributed by atoms with Crippen LogP contribution in [0.3, 0.4) is 0 Å². The van der Waals surface area contributed by atoms with Crippen LogP contribution in [0.15, 0.2) is 170 Å². The number of hydrogen-bond acceptors (Lipinski definition) is 14. The van der Waals surface area contributed by atoms with E-state index in [1.54, 1.807) is 64.1 Å². The van der Waals surface area contributed by atoms with Gasteiger partial charge in [-0.1, -0.05) is 99.5 Å². The summed E-state index contributed by atoms with van der Waals surface area (Å²) >= 11 is 0. The molecule has 0 aliphatic carbocycles. The highest BCUT2D eigenvalue weighted by Gasteiger charge is 2.72. The van der Waals surface area contributed by atoms with Gasteiger partial charge in [-0.25, -0.2) is 19.6 Å². The van der Waals surface area contributed by atoms with Crippen molar-refractivity contribution in [3.05, 3.63) is 226 Å². The number of pyridine rings is 4. The molecule has 6 amide bonds. The molecular formula is C70H64F12N8O10. The average Bonchev–Trinajstić information content (AvgIpc) is 1.10. The third-order valence-electron chi connectivity index (χ3n) is 16.5. The van der Waals surface area contributed by atoms with E-state index in [0.29, 0.717) is 84.6 Å². The molecule has 0 saturated carbocycles. The van der Waals surface area contributed by atoms with Crippen LogP contribution in [0.25, 0.3) is 0 Å². The maximum atomic E-state index is 13.4. The Kier molecular flexibility index (Phi) is 21.9. The number of urea groups is 2. The number of carbonyl (C=O) groups is 4. The van der Waals surface area contributed by atoms with Gasteiger partial charge in [-0.15, -0.1) is 0 Å². The highest BCUT2D eigenvalue weighted by molar-refractivity contribution is 6.08. The first kappa shape index (κ1) is 73.9. The maximum Gasteiger partial charge on any atom is 0.430 e. The van der Waals surface area contributed by atoms with Crippen molar-refractivity contribution < 1.29 is 101 Å². The number of nitrogens with one attached hydrogen (secondary N) is 2. The summed E-state index contributed by atoms with van der Waals surface area (Å²) < 4.78 is 184. The molecule has 30 heteroatoms. The first-order chi connectivity index (χ1) is 47.1. The number of ether oxygens (including phenoxy) is 4. The van der Waals surface area contributed by atoms with Crippen molar-refractivity contribution in [3.8, 4) is 34.8 Å². The van der Waals surface area contributed by atoms with E-state index in [0.717, 1.165) is 33.1 Å². The third-order valence-corrected chi connectivity index (χ3v) is 16.5. The number of carbonyl (C=O) groups excluding carboxylic acids is 4. The van der Waals surface area contributed by atoms with Gasteiger partial charge < -0.3 is 39.8 Å². The van der Waals surface area contributed by atoms with Crippen LogP contribution in [0.1, 0.15) is 96.4 Å². The van der Waals surface area contributed by atoms with Crippen LogP contribution < -0.4 is 29.6 Å². The minimum absolute atomic E-state index is 0.0113. The average molecular weight is 1410 g/mol. The van der Waals surface area contributed by atoms with Gasteiger partial charge in [0.05, 0.1) is 12.4 Å². The Bertz CT molecular complexity index is 3880. The summed E-state index contributed by atoms with van der Waals surface area (Å²) in [6, 6.07) is 34.6. The molecule has 6 heterocycles. The van der Waals surface area contributed by atoms with Crippen LogP contribution in [0.4, 0.5) is 62.3 Å². The van der Waals surface area contributed by atoms with Crippen molar-refractivity contribution in [1.29, 1.82) is 0 Å². The number of aromatic nitrogens is 4. The van der Waals surface area contributed by atoms with Crippen molar-refractivity contribution in [2.24, 2.45) is 0 Å². The fourth-order valence-electron chi connectivity index (χ4n) is 10.8. The highest BCUT2D eigenvalue weighted by atomic mass is 19.4. The van der Waals surface area contributed by atoms with Gasteiger partial charge in [0.1, 0.15) is 47.3 Å². The number of halogens is 12. The second kappa shape index (κ2) is 29.6. The summed E-state index contributed by atoms with van der Waals surface area (Å²) in [5.74, 6) is -0.0429. The second-order valence-corrected chi connectivity index (χ2v) is 23.6. The molecule has 2 fully saturated rings. The van der Waals surface area contributed by atoms with Gasteiger partial charge in [0.2, 0.25) is 11.8 Å². The van der Waals surface area contributed by atoms with Gasteiger partial charge in [-0.3, -0.25) is 29.4 Å². The Hall–Kier alpha value is -10.4. The molecular weight excluding hydrogens is 1340 g/mol. The zero-order chi connectivity index (χ0) is 72.6. The normalized spacial score (nSPS) is 16.8. The predicted octanol–water partition coefficient (Wildman–Crippen LogP) is 14.2. The third kappa shape index (κ3) is 15.9. The number of nitrogens with zero attached hydrogens (tertiary/aromatic N) is 6. The topological polar surface area (TPSA) is 228 Å². The van der Waals surface area contributed by atoms with Gasteiger partial charge in [0.15, 0.2) is 0 Å². The first-order valence-corrected chi connectivity index (χ1v) is 30.9. The molecule has 10 rings (SSSR count). The van der Waals surface area contributed by atoms with Crippen molar-refractivity contribution in [1.82, 2.24) is 40.4 Å². The molecule has 2 atom stereocenters. The largest absolute Gasteiger partial charge is 0.473 e. The standard InChI is InChI=1S/2C35H32F6N4O5/c2*1-3-7-23-18-24(33(48,34(36,37)38)35(39,40)41)10-14-28(23)50-27-13-12-26(42-20-27)16-17-45-30(46)32(2,44-31(45)47)25-11-15-29(43-19-25)49-21-22-8-5-4-6-9-22/h2*4-6,8-15,18-20,48H,3,7,16-17,21H2,1-2H3,(H,44,47). The number of imide groups is 2. The molecule has 4 aromatic carbocycles. The van der Waals surface area contributed by atoms with E-state index in [4.69, 9.17) is 18.9 Å². The van der Waals surface area contributed by atoms with Crippen LogP contribution in [0, 0.1) is 0 Å². The lowest BCUT2D eigenvalue weighted by Crippen LogP contribution is -2.53. The summed E-state index contributed by atoms with van der Waals surface area (Å²) in [5, 5.41) is 25.1. The van der Waals surface area contributed by atoms with Crippen LogP contribution in [-0.4, -0.2) is 102 Å². The van der Waals surface area contributed by atoms with E-state index in [-0.39, 0.29) is 72.9 Å². The van der Waals surface area contributed by atoms with E-state index >= 15 is 0 Å². The number of amides is 6. The predicted molar refractivity (Wildman–Crippen MR) is 334 cm³/mol. The second-order valence-electron chi connectivity index (χ2n) is 23.6. The van der Waals surface area contributed by atoms with Crippen molar-refractivity contribution in [3.63, 3.8) is 0 Å². The number of rotatable bonds is 24. The summed E-state index contributed by atoms with van der Waals surface area (Å²) in [7, 11) is 0. The number of alkyl halides is 12. The maximum absolute atomic E-state index is 13.4. The van der Waals surface area contributed by atoms with Gasteiger partial charge in [0, 0.05) is 84.1 Å². The van der Waals surface area contributed by atoms with Crippen molar-refractivity contribution in [2.75, 3.05) is 13.1 Å². The molecule has 0 spiro atoms. The molecule has 18 nitrogen and oxygen atoms in total. The van der Waals surface area contributed by atoms with Crippen LogP contribution in [-0.2, 0) is 70.8 Å². The molecule has 2 unspecified atom stereocenters. The fourth-order valence-corrected chi connectivity index (χ4v) is 10.8. The Balaban J connectivity index is 0.000000233. The van der Waals surface area contributed by atoms with E-state index < -0.39 is 82.0 Å². The van der Waals surface area contributed by atoms with E-state index in [1.165, 1.54) is 36.9 Å². The molecule has 0 bridgehead atoms. The molecule has 2 aliphatic heterocycles. The molecule has 2 saturated heterocycles. The first-order valence-electron chi connectivity index (χ1n) is 30.9. The zero-order valence-corrected chi connectivity index (χ0v) is 53.6. The minimum Gasteiger partial charge on any atom is -0.473 e. The zero-order valence-electron chi connectivity index (χ0n) is 53.6. The quantitative estimate of drug-likeness (QED) is 0.0326. The van der Waals surface area contributed by atoms with Gasteiger partial charge in [-0.05, 0) is 110 Å². The van der Waals surface area contributed by atoms with E-state index in [2.05, 4.69) is 30.6 Å². The number of aliphatic hydroxyl groups is 2. The Morgan fingerprint density at radius 2 is 0.800 bits per heavy atom. The van der Waals surface area contributed by atoms with Gasteiger partial charge in [0.25, 0.3) is 23.0 Å². The van der Waals surface area contributed by atoms with Crippen molar-refractivity contribution in [2.45, 2.75) is 126 Å². The van der Waals surface area contributed by atoms with Crippen molar-refractivity contribution >= 4 is 23.9 Å². The lowest BCUT2D eigenvalue weighted by molar-refractivity contribution is -0.376. The number of aryl methyl sites for hydroxylation is 2. The summed E-state index contributed by atoms with van der Waals surface area (Å²) in [5.41, 5.74) is -11.8. The number of hydrogen-bond donors (Lipinski definition) is 4. The molecule has 528 valence electrons. The number of benzene rings is 4. The summed E-state index contributed by atoms with van der Waals surface area (Å²) in [6.07, 6.45) is -17.4. The molecule has 2 aliphatic rings. The molecule has 100 heavy (non-hydrogen) atoms. The van der Waals surface area contributed by atoms with Crippen LogP contribution >= 0.6 is 0 Å². The van der Waals surface area contributed by atoms with Crippen LogP contribution in [0.5, 0.6) is 34.8 Å². The highest BCUT2D eigenvalue weighted by Crippen LogP contribution is 2.52.